The number of benzene rings is 3. The molecule has 1 amide bonds. The number of phenols is 1. The third-order valence-corrected chi connectivity index (χ3v) is 7.99. The second kappa shape index (κ2) is 9.16. The van der Waals surface area contributed by atoms with Crippen LogP contribution in [0.4, 0.5) is 17.1 Å². The topological polar surface area (TPSA) is 82.4 Å². The molecule has 7 nitrogen and oxygen atoms in total. The number of carbonyl (C=O) groups is 2. The van der Waals surface area contributed by atoms with Crippen LogP contribution in [-0.4, -0.2) is 36.1 Å². The van der Waals surface area contributed by atoms with E-state index in [1.165, 1.54) is 47.5 Å². The van der Waals surface area contributed by atoms with Gasteiger partial charge in [0.25, 0.3) is 5.91 Å². The highest BCUT2D eigenvalue weighted by Gasteiger charge is 2.40. The number of methoxy groups -OCH3 is 1. The maximum atomic E-state index is 13.8. The average molecular weight is 504 g/mol. The lowest BCUT2D eigenvalue weighted by molar-refractivity contribution is -0.113. The zero-order chi connectivity index (χ0) is 24.7. The van der Waals surface area contributed by atoms with Crippen LogP contribution in [-0.2, 0) is 4.79 Å². The summed E-state index contributed by atoms with van der Waals surface area (Å²) >= 11 is 2.80. The van der Waals surface area contributed by atoms with Gasteiger partial charge in [-0.2, -0.15) is 0 Å². The number of thioether (sulfide) groups is 2. The van der Waals surface area contributed by atoms with Gasteiger partial charge in [-0.1, -0.05) is 23.9 Å². The number of ketones is 1. The van der Waals surface area contributed by atoms with E-state index in [2.05, 4.69) is 0 Å². The molecular formula is C26H21N3O4S2. The Morgan fingerprint density at radius 1 is 1.03 bits per heavy atom. The number of rotatable bonds is 4. The predicted octanol–water partition coefficient (Wildman–Crippen LogP) is 5.78. The van der Waals surface area contributed by atoms with Crippen molar-refractivity contribution in [2.45, 2.75) is 11.8 Å². The van der Waals surface area contributed by atoms with Crippen molar-refractivity contribution in [2.75, 3.05) is 24.0 Å². The number of nitrogens with zero attached hydrogens (tertiary/aromatic N) is 3. The second-order valence-corrected chi connectivity index (χ2v) is 9.90. The fraction of sp³-hybridized carbons (Fsp3) is 0.115. The molecule has 0 spiro atoms. The van der Waals surface area contributed by atoms with E-state index in [1.54, 1.807) is 43.5 Å². The van der Waals surface area contributed by atoms with Crippen molar-refractivity contribution in [3.8, 4) is 11.5 Å². The number of fused-ring (bicyclic) bond motifs is 1. The van der Waals surface area contributed by atoms with Crippen LogP contribution < -0.4 is 14.5 Å². The lowest BCUT2D eigenvalue weighted by Gasteiger charge is -2.17. The summed E-state index contributed by atoms with van der Waals surface area (Å²) in [6.45, 7) is 1.51. The van der Waals surface area contributed by atoms with Crippen molar-refractivity contribution >= 4 is 57.4 Å². The third-order valence-electron chi connectivity index (χ3n) is 5.60. The Labute approximate surface area is 211 Å². The quantitative estimate of drug-likeness (QED) is 0.357. The van der Waals surface area contributed by atoms with Crippen LogP contribution >= 0.6 is 23.5 Å². The SMILES string of the molecule is COc1ccc2c(c1)N(C)C(=C1SC(=Nc3cccc(C(C)=O)c3)N(c3ccc(O)cc3)C1=O)S2. The van der Waals surface area contributed by atoms with Gasteiger partial charge in [0.15, 0.2) is 11.0 Å². The number of carbonyl (C=O) groups excluding carboxylic acids is 2. The van der Waals surface area contributed by atoms with E-state index in [9.17, 15) is 14.7 Å². The molecule has 2 heterocycles. The highest BCUT2D eigenvalue weighted by molar-refractivity contribution is 8.20. The molecule has 35 heavy (non-hydrogen) atoms. The van der Waals surface area contributed by atoms with E-state index in [1.807, 2.05) is 30.1 Å². The van der Waals surface area contributed by atoms with Crippen molar-refractivity contribution in [2.24, 2.45) is 4.99 Å². The number of Topliss-reactive ketones (excluding diaryl/α,β-unsaturated/α-hetero) is 1. The summed E-state index contributed by atoms with van der Waals surface area (Å²) in [6, 6.07) is 19.2. The Morgan fingerprint density at radius 2 is 1.80 bits per heavy atom. The first kappa shape index (κ1) is 23.1. The van der Waals surface area contributed by atoms with Gasteiger partial charge in [0, 0.05) is 23.6 Å². The van der Waals surface area contributed by atoms with Gasteiger partial charge in [0.1, 0.15) is 16.4 Å². The van der Waals surface area contributed by atoms with Gasteiger partial charge in [-0.05, 0) is 67.2 Å². The number of amidine groups is 1. The molecule has 0 aromatic heterocycles. The van der Waals surface area contributed by atoms with E-state index in [0.29, 0.717) is 27.0 Å². The molecule has 9 heteroatoms. The minimum atomic E-state index is -0.212. The number of aliphatic imine (C=N–C) groups is 1. The first-order chi connectivity index (χ1) is 16.9. The molecule has 0 saturated carbocycles. The Morgan fingerprint density at radius 3 is 2.51 bits per heavy atom. The second-order valence-electron chi connectivity index (χ2n) is 7.89. The van der Waals surface area contributed by atoms with E-state index < -0.39 is 0 Å². The minimum absolute atomic E-state index is 0.0578. The van der Waals surface area contributed by atoms with Crippen molar-refractivity contribution in [1.82, 2.24) is 0 Å². The molecule has 1 fully saturated rings. The van der Waals surface area contributed by atoms with Crippen molar-refractivity contribution < 1.29 is 19.4 Å². The molecule has 0 radical (unpaired) electrons. The van der Waals surface area contributed by atoms with Gasteiger partial charge in [-0.15, -0.1) is 0 Å². The maximum absolute atomic E-state index is 13.8. The van der Waals surface area contributed by atoms with Crippen molar-refractivity contribution in [3.63, 3.8) is 0 Å². The van der Waals surface area contributed by atoms with Gasteiger partial charge in [-0.25, -0.2) is 4.99 Å². The first-order valence-corrected chi connectivity index (χ1v) is 12.3. The molecule has 1 saturated heterocycles. The highest BCUT2D eigenvalue weighted by Crippen LogP contribution is 2.51. The third kappa shape index (κ3) is 4.28. The van der Waals surface area contributed by atoms with Crippen LogP contribution in [0.2, 0.25) is 0 Å². The number of hydrogen-bond donors (Lipinski definition) is 1. The summed E-state index contributed by atoms with van der Waals surface area (Å²) in [5.74, 6) is 0.579. The molecule has 2 aliphatic heterocycles. The molecule has 0 aliphatic carbocycles. The lowest BCUT2D eigenvalue weighted by atomic mass is 10.1. The lowest BCUT2D eigenvalue weighted by Crippen LogP contribution is -2.29. The Kier molecular flexibility index (Phi) is 6.04. The maximum Gasteiger partial charge on any atom is 0.274 e. The summed E-state index contributed by atoms with van der Waals surface area (Å²) < 4.78 is 5.37. The van der Waals surface area contributed by atoms with E-state index in [0.717, 1.165) is 21.4 Å². The van der Waals surface area contributed by atoms with Crippen LogP contribution in [0.3, 0.4) is 0 Å². The smallest absolute Gasteiger partial charge is 0.274 e. The van der Waals surface area contributed by atoms with Crippen LogP contribution in [0.15, 0.2) is 86.6 Å². The Bertz CT molecular complexity index is 1420. The summed E-state index contributed by atoms with van der Waals surface area (Å²) in [5.41, 5.74) is 2.66. The molecular weight excluding hydrogens is 482 g/mol. The summed E-state index contributed by atoms with van der Waals surface area (Å²) in [4.78, 5) is 35.4. The number of phenolic OH excluding ortho intramolecular Hbond substituents is 1. The molecule has 3 aromatic carbocycles. The monoisotopic (exact) mass is 503 g/mol. The van der Waals surface area contributed by atoms with E-state index in [-0.39, 0.29) is 17.4 Å². The fourth-order valence-corrected chi connectivity index (χ4v) is 6.09. The molecule has 2 aliphatic rings. The van der Waals surface area contributed by atoms with E-state index in [4.69, 9.17) is 9.73 Å². The standard InChI is InChI=1S/C26H21N3O4S2/c1-15(30)16-5-4-6-17(13-16)27-26-29(18-7-9-19(31)10-8-18)24(32)23(35-26)25-28(2)21-14-20(33-3)11-12-22(21)34-25/h4-14,31H,1-3H3. The Hall–Kier alpha value is -3.69. The van der Waals surface area contributed by atoms with Gasteiger partial charge in [0.05, 0.1) is 29.2 Å². The van der Waals surface area contributed by atoms with Gasteiger partial charge < -0.3 is 14.7 Å². The summed E-state index contributed by atoms with van der Waals surface area (Å²) in [5, 5.41) is 11.0. The Balaban J connectivity index is 1.60. The fourth-order valence-electron chi connectivity index (χ4n) is 3.76. The number of ether oxygens (including phenoxy) is 1. The molecule has 5 rings (SSSR count). The largest absolute Gasteiger partial charge is 0.508 e. The predicted molar refractivity (Wildman–Crippen MR) is 141 cm³/mol. The zero-order valence-electron chi connectivity index (χ0n) is 19.2. The average Bonchev–Trinajstić information content (AvgIpc) is 3.35. The molecule has 3 aromatic rings. The van der Waals surface area contributed by atoms with E-state index >= 15 is 0 Å². The summed E-state index contributed by atoms with van der Waals surface area (Å²) in [6.07, 6.45) is 0. The van der Waals surface area contributed by atoms with Crippen LogP contribution in [0.25, 0.3) is 0 Å². The first-order valence-electron chi connectivity index (χ1n) is 10.7. The normalized spacial score (nSPS) is 18.4. The number of hydrogen-bond acceptors (Lipinski definition) is 8. The number of anilines is 2. The van der Waals surface area contributed by atoms with Crippen LogP contribution in [0.5, 0.6) is 11.5 Å². The molecule has 176 valence electrons. The summed E-state index contributed by atoms with van der Waals surface area (Å²) in [7, 11) is 3.55. The van der Waals surface area contributed by atoms with Gasteiger partial charge in [-0.3, -0.25) is 14.5 Å². The van der Waals surface area contributed by atoms with Gasteiger partial charge in [0.2, 0.25) is 0 Å². The van der Waals surface area contributed by atoms with Crippen molar-refractivity contribution in [3.05, 3.63) is 82.2 Å². The molecule has 1 N–H and O–H groups in total. The number of amides is 1. The zero-order valence-corrected chi connectivity index (χ0v) is 20.8. The molecule has 0 bridgehead atoms. The van der Waals surface area contributed by atoms with Crippen LogP contribution in [0, 0.1) is 0 Å². The number of aromatic hydroxyl groups is 1. The van der Waals surface area contributed by atoms with Gasteiger partial charge >= 0.3 is 0 Å². The highest BCUT2D eigenvalue weighted by atomic mass is 32.2. The van der Waals surface area contributed by atoms with Crippen LogP contribution in [0.1, 0.15) is 17.3 Å². The molecule has 0 atom stereocenters. The van der Waals surface area contributed by atoms with Crippen molar-refractivity contribution in [1.29, 1.82) is 0 Å². The molecule has 0 unspecified atom stereocenters. The minimum Gasteiger partial charge on any atom is -0.508 e.